The number of carbonyl (C=O) groups excluding carboxylic acids is 1. The molecule has 3 aromatic carbocycles. The molecule has 218 valence electrons. The fourth-order valence-corrected chi connectivity index (χ4v) is 7.52. The van der Waals surface area contributed by atoms with Crippen LogP contribution in [0.2, 0.25) is 5.02 Å². The first-order chi connectivity index (χ1) is 20.2. The van der Waals surface area contributed by atoms with Gasteiger partial charge in [-0.1, -0.05) is 52.9 Å². The Labute approximate surface area is 259 Å². The monoisotopic (exact) mass is 621 g/mol. The van der Waals surface area contributed by atoms with Crippen LogP contribution in [0.4, 0.5) is 11.4 Å². The average molecular weight is 622 g/mol. The third kappa shape index (κ3) is 6.75. The minimum atomic E-state index is -0.852. The van der Waals surface area contributed by atoms with Gasteiger partial charge in [0.1, 0.15) is 4.70 Å². The highest BCUT2D eigenvalue weighted by Crippen LogP contribution is 2.47. The number of carboxylic acid groups (broad SMARTS) is 1. The molecule has 0 aliphatic carbocycles. The fourth-order valence-electron chi connectivity index (χ4n) is 5.06. The van der Waals surface area contributed by atoms with E-state index in [-0.39, 0.29) is 12.3 Å². The summed E-state index contributed by atoms with van der Waals surface area (Å²) < 4.78 is 3.22. The van der Waals surface area contributed by atoms with Crippen LogP contribution >= 0.6 is 34.7 Å². The molecule has 0 saturated carbocycles. The molecule has 1 aromatic heterocycles. The number of hydrogen-bond donors (Lipinski definition) is 2. The van der Waals surface area contributed by atoms with Crippen LogP contribution in [0.15, 0.2) is 70.6 Å². The van der Waals surface area contributed by atoms with E-state index in [9.17, 15) is 9.59 Å². The maximum Gasteiger partial charge on any atom is 0.307 e. The van der Waals surface area contributed by atoms with Gasteiger partial charge in [-0.15, -0.1) is 0 Å². The predicted octanol–water partition coefficient (Wildman–Crippen LogP) is 6.70. The second-order valence-corrected chi connectivity index (χ2v) is 12.7. The summed E-state index contributed by atoms with van der Waals surface area (Å²) in [5.74, 6) is -0.897. The van der Waals surface area contributed by atoms with E-state index >= 15 is 0 Å². The molecule has 7 nitrogen and oxygen atoms in total. The second-order valence-electron chi connectivity index (χ2n) is 10.1. The van der Waals surface area contributed by atoms with Crippen LogP contribution in [-0.2, 0) is 22.7 Å². The van der Waals surface area contributed by atoms with Crippen LogP contribution in [0.1, 0.15) is 36.4 Å². The number of halogens is 1. The van der Waals surface area contributed by atoms with Crippen LogP contribution in [0, 0.1) is 6.92 Å². The van der Waals surface area contributed by atoms with Crippen molar-refractivity contribution in [3.05, 3.63) is 86.8 Å². The molecule has 0 atom stereocenters. The molecule has 1 amide bonds. The van der Waals surface area contributed by atoms with Gasteiger partial charge >= 0.3 is 5.97 Å². The van der Waals surface area contributed by atoms with Crippen molar-refractivity contribution < 1.29 is 19.3 Å². The average Bonchev–Trinajstić information content (AvgIpc) is 3.48. The molecule has 4 aromatic rings. The molecule has 0 saturated heterocycles. The van der Waals surface area contributed by atoms with Crippen molar-refractivity contribution in [1.82, 2.24) is 5.32 Å². The zero-order chi connectivity index (χ0) is 29.8. The molecule has 5 rings (SSSR count). The minimum Gasteiger partial charge on any atom is -0.481 e. The molecule has 0 fully saturated rings. The molecule has 0 unspecified atom stereocenters. The van der Waals surface area contributed by atoms with Gasteiger partial charge in [-0.2, -0.15) is 4.57 Å². The van der Waals surface area contributed by atoms with E-state index < -0.39 is 5.97 Å². The number of benzene rings is 3. The van der Waals surface area contributed by atoms with Gasteiger partial charge in [0.2, 0.25) is 18.1 Å². The van der Waals surface area contributed by atoms with Crippen molar-refractivity contribution in [2.45, 2.75) is 45.2 Å². The Morgan fingerprint density at radius 3 is 2.60 bits per heavy atom. The number of fused-ring (bicyclic) bond motifs is 2. The number of aliphatic carboxylic acids is 1. The van der Waals surface area contributed by atoms with E-state index in [1.807, 2.05) is 49.4 Å². The first-order valence-corrected chi connectivity index (χ1v) is 16.0. The molecule has 1 aliphatic heterocycles. The zero-order valence-electron chi connectivity index (χ0n) is 23.9. The summed E-state index contributed by atoms with van der Waals surface area (Å²) >= 11 is 9.84. The number of hydrogen-bond acceptors (Lipinski definition) is 6. The molecule has 10 heteroatoms. The van der Waals surface area contributed by atoms with Gasteiger partial charge in [0.05, 0.1) is 23.2 Å². The van der Waals surface area contributed by atoms with Gasteiger partial charge in [0, 0.05) is 47.7 Å². The van der Waals surface area contributed by atoms with Gasteiger partial charge in [-0.3, -0.25) is 9.59 Å². The zero-order valence-corrected chi connectivity index (χ0v) is 26.3. The van der Waals surface area contributed by atoms with E-state index in [0.29, 0.717) is 24.7 Å². The topological polar surface area (TPSA) is 76.8 Å². The number of nitrogens with zero attached hydrogens (tertiary/aromatic N) is 3. The highest BCUT2D eigenvalue weighted by atomic mass is 35.5. The summed E-state index contributed by atoms with van der Waals surface area (Å²) in [6.07, 6.45) is 2.54. The number of anilines is 2. The smallest absolute Gasteiger partial charge is 0.307 e. The Morgan fingerprint density at radius 2 is 1.88 bits per heavy atom. The summed E-state index contributed by atoms with van der Waals surface area (Å²) in [4.78, 5) is 29.7. The van der Waals surface area contributed by atoms with Gasteiger partial charge in [0.15, 0.2) is 0 Å². The van der Waals surface area contributed by atoms with Gasteiger partial charge in [-0.05, 0) is 68.3 Å². The molecule has 2 heterocycles. The van der Waals surface area contributed by atoms with Gasteiger partial charge in [-0.25, -0.2) is 0 Å². The summed E-state index contributed by atoms with van der Waals surface area (Å²) in [5, 5.41) is 15.0. The van der Waals surface area contributed by atoms with Crippen molar-refractivity contribution >= 4 is 74.2 Å². The maximum absolute atomic E-state index is 13.0. The van der Waals surface area contributed by atoms with Crippen molar-refractivity contribution in [2.75, 3.05) is 29.4 Å². The standard InChI is InChI=1S/C32H33ClN4O3S2/c1-4-35(24-10-7-22(8-11-24)17-32(39)40)15-14-29(38)34-20-37-26-18-23(33)9-13-28(26)42-31(37)19-30-36(5-2)25-16-21(3)6-12-27(25)41-30/h6-13,16,18-19H,4-5,14-15,17,20H2,1-3H3,(H-,34,38,39,40)/p+1. The van der Waals surface area contributed by atoms with Crippen LogP contribution in [-0.4, -0.2) is 36.6 Å². The second kappa shape index (κ2) is 13.2. The van der Waals surface area contributed by atoms with E-state index in [1.165, 1.54) is 16.1 Å². The molecule has 2 N–H and O–H groups in total. The lowest BCUT2D eigenvalue weighted by molar-refractivity contribution is -0.672. The number of aryl methyl sites for hydroxylation is 1. The number of amides is 1. The van der Waals surface area contributed by atoms with Crippen molar-refractivity contribution in [1.29, 1.82) is 0 Å². The minimum absolute atomic E-state index is 0.00457. The Balaban J connectivity index is 1.31. The first-order valence-electron chi connectivity index (χ1n) is 14.0. The summed E-state index contributed by atoms with van der Waals surface area (Å²) in [6.45, 7) is 8.80. The Bertz CT molecular complexity index is 1650. The number of aromatic nitrogens is 1. The molecular weight excluding hydrogens is 588 g/mol. The van der Waals surface area contributed by atoms with E-state index in [4.69, 9.17) is 16.7 Å². The van der Waals surface area contributed by atoms with E-state index in [1.54, 1.807) is 23.1 Å². The summed E-state index contributed by atoms with van der Waals surface area (Å²) in [5.41, 5.74) is 5.17. The number of thiazole rings is 1. The number of carbonyl (C=O) groups is 2. The number of carboxylic acids is 1. The maximum atomic E-state index is 13.0. The lowest BCUT2D eigenvalue weighted by Gasteiger charge is -2.23. The van der Waals surface area contributed by atoms with E-state index in [2.05, 4.69) is 57.8 Å². The fraction of sp³-hybridized carbons (Fsp3) is 0.281. The van der Waals surface area contributed by atoms with Crippen molar-refractivity contribution in [2.24, 2.45) is 0 Å². The molecule has 42 heavy (non-hydrogen) atoms. The van der Waals surface area contributed by atoms with Crippen molar-refractivity contribution in [3.8, 4) is 0 Å². The van der Waals surface area contributed by atoms with Gasteiger partial charge < -0.3 is 20.2 Å². The largest absolute Gasteiger partial charge is 0.481 e. The number of nitrogens with one attached hydrogen (secondary N) is 1. The van der Waals surface area contributed by atoms with Crippen LogP contribution < -0.4 is 19.7 Å². The van der Waals surface area contributed by atoms with Crippen LogP contribution in [0.5, 0.6) is 0 Å². The highest BCUT2D eigenvalue weighted by Gasteiger charge is 2.27. The summed E-state index contributed by atoms with van der Waals surface area (Å²) in [7, 11) is 0. The van der Waals surface area contributed by atoms with Crippen LogP contribution in [0.3, 0.4) is 0 Å². The molecular formula is C32H34ClN4O3S2+. The lowest BCUT2D eigenvalue weighted by Crippen LogP contribution is -2.45. The number of rotatable bonds is 11. The third-order valence-electron chi connectivity index (χ3n) is 7.22. The Hall–Kier alpha value is -3.53. The first kappa shape index (κ1) is 29.9. The SMILES string of the molecule is CCN(CCC(=O)NC[n+]1c(/C=C2\Sc3ccc(C)cc3N2CC)sc2ccc(Cl)cc21)c1ccc(CC(=O)O)cc1. The predicted molar refractivity (Wildman–Crippen MR) is 173 cm³/mol. The summed E-state index contributed by atoms with van der Waals surface area (Å²) in [6, 6.07) is 19.9. The highest BCUT2D eigenvalue weighted by molar-refractivity contribution is 8.03. The Morgan fingerprint density at radius 1 is 1.10 bits per heavy atom. The quantitative estimate of drug-likeness (QED) is 0.182. The molecule has 0 radical (unpaired) electrons. The number of thioether (sulfide) groups is 1. The normalized spacial score (nSPS) is 13.5. The third-order valence-corrected chi connectivity index (χ3v) is 9.68. The molecule has 1 aliphatic rings. The molecule has 0 spiro atoms. The van der Waals surface area contributed by atoms with Crippen LogP contribution in [0.25, 0.3) is 16.3 Å². The van der Waals surface area contributed by atoms with Gasteiger partial charge in [0.25, 0.3) is 5.01 Å². The van der Waals surface area contributed by atoms with Crippen molar-refractivity contribution in [3.63, 3.8) is 0 Å². The lowest BCUT2D eigenvalue weighted by atomic mass is 10.1. The molecule has 0 bridgehead atoms. The van der Waals surface area contributed by atoms with E-state index in [0.717, 1.165) is 44.6 Å². The Kier molecular flexibility index (Phi) is 9.40.